The lowest BCUT2D eigenvalue weighted by atomic mass is 9.67. The molecule has 3 heterocycles. The lowest BCUT2D eigenvalue weighted by molar-refractivity contribution is -0.133. The van der Waals surface area contributed by atoms with Gasteiger partial charge in [-0.3, -0.25) is 14.7 Å². The van der Waals surface area contributed by atoms with Crippen LogP contribution in [0.1, 0.15) is 30.4 Å². The number of carbonyl (C=O) groups is 1. The van der Waals surface area contributed by atoms with E-state index < -0.39 is 5.54 Å². The summed E-state index contributed by atoms with van der Waals surface area (Å²) in [6.07, 6.45) is 6.38. The molecule has 1 fully saturated rings. The minimum Gasteiger partial charge on any atom is -0.381 e. The van der Waals surface area contributed by atoms with Crippen LogP contribution in [0.25, 0.3) is 10.8 Å². The van der Waals surface area contributed by atoms with Crippen molar-refractivity contribution < 1.29 is 9.53 Å². The number of hydrogen-bond acceptors (Lipinski definition) is 6. The molecule has 0 radical (unpaired) electrons. The van der Waals surface area contributed by atoms with E-state index in [1.165, 1.54) is 5.56 Å². The summed E-state index contributed by atoms with van der Waals surface area (Å²) < 4.78 is 5.44. The molecule has 1 aliphatic carbocycles. The van der Waals surface area contributed by atoms with E-state index in [0.717, 1.165) is 40.6 Å². The third-order valence-corrected chi connectivity index (χ3v) is 6.93. The van der Waals surface area contributed by atoms with Crippen molar-refractivity contribution in [2.45, 2.75) is 37.3 Å². The van der Waals surface area contributed by atoms with Crippen molar-refractivity contribution in [2.24, 2.45) is 10.7 Å². The van der Waals surface area contributed by atoms with Crippen LogP contribution in [0.3, 0.4) is 0 Å². The number of rotatable bonds is 3. The van der Waals surface area contributed by atoms with E-state index in [4.69, 9.17) is 15.5 Å². The summed E-state index contributed by atoms with van der Waals surface area (Å²) in [6.45, 7) is 1.32. The summed E-state index contributed by atoms with van der Waals surface area (Å²) in [4.78, 5) is 24.1. The Labute approximate surface area is 186 Å². The predicted molar refractivity (Wildman–Crippen MR) is 124 cm³/mol. The van der Waals surface area contributed by atoms with Gasteiger partial charge in [-0.25, -0.2) is 4.99 Å². The number of nitrogens with zero attached hydrogens (tertiary/aromatic N) is 3. The van der Waals surface area contributed by atoms with Gasteiger partial charge in [0.05, 0.1) is 18.3 Å². The van der Waals surface area contributed by atoms with Crippen LogP contribution in [-0.2, 0) is 21.5 Å². The number of guanidine groups is 1. The second kappa shape index (κ2) is 7.31. The highest BCUT2D eigenvalue weighted by molar-refractivity contribution is 6.00. The summed E-state index contributed by atoms with van der Waals surface area (Å²) in [5.41, 5.74) is 10.1. The highest BCUT2D eigenvalue weighted by atomic mass is 16.5. The number of nitrogens with two attached hydrogens (primary N) is 1. The topological polar surface area (TPSA) is 92.8 Å². The Morgan fingerprint density at radius 2 is 1.88 bits per heavy atom. The molecule has 3 aliphatic rings. The first kappa shape index (κ1) is 19.3. The van der Waals surface area contributed by atoms with Crippen LogP contribution in [0.4, 0.5) is 11.4 Å². The first-order chi connectivity index (χ1) is 15.6. The molecule has 0 bridgehead atoms. The molecule has 2 aromatic carbocycles. The average molecular weight is 428 g/mol. The number of hydrogen-bond donors (Lipinski definition) is 2. The molecule has 7 nitrogen and oxygen atoms in total. The number of carbonyl (C=O) groups excluding carboxylic acids is 1. The summed E-state index contributed by atoms with van der Waals surface area (Å²) in [5.74, 6) is 0.405. The zero-order valence-corrected chi connectivity index (χ0v) is 17.8. The van der Waals surface area contributed by atoms with Crippen molar-refractivity contribution in [1.82, 2.24) is 9.88 Å². The molecule has 1 spiro atoms. The van der Waals surface area contributed by atoms with Gasteiger partial charge in [0.1, 0.15) is 5.54 Å². The summed E-state index contributed by atoms with van der Waals surface area (Å²) in [6, 6.07) is 14.4. The second-order valence-corrected chi connectivity index (χ2v) is 8.83. The van der Waals surface area contributed by atoms with Gasteiger partial charge >= 0.3 is 0 Å². The molecular weight excluding hydrogens is 402 g/mol. The van der Waals surface area contributed by atoms with Gasteiger partial charge in [-0.15, -0.1) is 0 Å². The molecule has 3 N–H and O–H groups in total. The lowest BCUT2D eigenvalue weighted by Gasteiger charge is -2.47. The Hall–Kier alpha value is -3.45. The third-order valence-electron chi connectivity index (χ3n) is 6.93. The minimum absolute atomic E-state index is 0.0617. The van der Waals surface area contributed by atoms with Crippen molar-refractivity contribution in [2.75, 3.05) is 18.5 Å². The molecule has 162 valence electrons. The lowest BCUT2D eigenvalue weighted by Crippen LogP contribution is -2.58. The summed E-state index contributed by atoms with van der Waals surface area (Å²) in [7, 11) is 0. The molecule has 6 rings (SSSR count). The smallest absolute Gasteiger partial charge is 0.232 e. The Morgan fingerprint density at radius 3 is 2.72 bits per heavy atom. The summed E-state index contributed by atoms with van der Waals surface area (Å²) >= 11 is 0. The highest BCUT2D eigenvalue weighted by Crippen LogP contribution is 2.50. The predicted octanol–water partition coefficient (Wildman–Crippen LogP) is 3.46. The van der Waals surface area contributed by atoms with E-state index >= 15 is 0 Å². The van der Waals surface area contributed by atoms with Crippen molar-refractivity contribution >= 4 is 34.0 Å². The standard InChI is InChI=1S/C25H25N5O2/c26-24-29-25(13-23(31)30(24)17-8-10-32-11-9-17)12-19-20(25)6-3-7-21(19)28-22-15-27-14-16-4-1-2-5-18(16)22/h1-7,14-15,17,28H,8-13H2,(H2,26,29)/t25-/m0/s1. The van der Waals surface area contributed by atoms with Gasteiger partial charge in [-0.1, -0.05) is 36.4 Å². The van der Waals surface area contributed by atoms with E-state index in [0.29, 0.717) is 32.0 Å². The Kier molecular flexibility index (Phi) is 4.40. The normalized spacial score (nSPS) is 23.1. The van der Waals surface area contributed by atoms with E-state index in [1.807, 2.05) is 30.6 Å². The van der Waals surface area contributed by atoms with E-state index in [1.54, 1.807) is 4.90 Å². The third kappa shape index (κ3) is 2.96. The Morgan fingerprint density at radius 1 is 1.03 bits per heavy atom. The number of aliphatic imine (C=N–C) groups is 1. The maximum Gasteiger partial charge on any atom is 0.232 e. The van der Waals surface area contributed by atoms with Crippen molar-refractivity contribution in [3.63, 3.8) is 0 Å². The molecule has 32 heavy (non-hydrogen) atoms. The van der Waals surface area contributed by atoms with E-state index in [-0.39, 0.29) is 11.9 Å². The van der Waals surface area contributed by atoms with Gasteiger partial charge < -0.3 is 15.8 Å². The fourth-order valence-corrected chi connectivity index (χ4v) is 5.34. The SMILES string of the molecule is NC1=N[C@]2(CC(=O)N1C1CCOCC1)Cc1c(Nc3cncc4ccccc34)cccc12. The van der Waals surface area contributed by atoms with Gasteiger partial charge in [-0.05, 0) is 30.0 Å². The number of benzene rings is 2. The minimum atomic E-state index is -0.549. The van der Waals surface area contributed by atoms with Crippen LogP contribution in [0.5, 0.6) is 0 Å². The van der Waals surface area contributed by atoms with Gasteiger partial charge in [0.2, 0.25) is 5.91 Å². The molecule has 3 aromatic rings. The first-order valence-electron chi connectivity index (χ1n) is 11.1. The van der Waals surface area contributed by atoms with Crippen LogP contribution in [0.15, 0.2) is 59.9 Å². The van der Waals surface area contributed by atoms with Crippen molar-refractivity contribution in [3.05, 3.63) is 66.0 Å². The van der Waals surface area contributed by atoms with Crippen LogP contribution in [-0.4, -0.2) is 41.0 Å². The van der Waals surface area contributed by atoms with Crippen LogP contribution in [0.2, 0.25) is 0 Å². The maximum absolute atomic E-state index is 13.1. The van der Waals surface area contributed by atoms with Gasteiger partial charge in [-0.2, -0.15) is 0 Å². The van der Waals surface area contributed by atoms with Crippen molar-refractivity contribution in [1.29, 1.82) is 0 Å². The number of aromatic nitrogens is 1. The van der Waals surface area contributed by atoms with Crippen LogP contribution >= 0.6 is 0 Å². The first-order valence-corrected chi connectivity index (χ1v) is 11.1. The molecule has 1 aromatic heterocycles. The van der Waals surface area contributed by atoms with Gasteiger partial charge in [0.15, 0.2) is 5.96 Å². The fourth-order valence-electron chi connectivity index (χ4n) is 5.34. The van der Waals surface area contributed by atoms with E-state index in [2.05, 4.69) is 34.6 Å². The van der Waals surface area contributed by atoms with E-state index in [9.17, 15) is 4.79 Å². The molecular formula is C25H25N5O2. The Bertz CT molecular complexity index is 1240. The number of pyridine rings is 1. The molecule has 1 amide bonds. The molecule has 1 atom stereocenters. The monoisotopic (exact) mass is 427 g/mol. The maximum atomic E-state index is 13.1. The molecule has 7 heteroatoms. The van der Waals surface area contributed by atoms with Crippen molar-refractivity contribution in [3.8, 4) is 0 Å². The molecule has 0 saturated carbocycles. The van der Waals surface area contributed by atoms with Gasteiger partial charge in [0.25, 0.3) is 0 Å². The number of ether oxygens (including phenoxy) is 1. The molecule has 1 saturated heterocycles. The van der Waals surface area contributed by atoms with Crippen LogP contribution in [0, 0.1) is 0 Å². The average Bonchev–Trinajstić information content (AvgIpc) is 2.80. The zero-order valence-electron chi connectivity index (χ0n) is 17.8. The second-order valence-electron chi connectivity index (χ2n) is 8.83. The summed E-state index contributed by atoms with van der Waals surface area (Å²) in [5, 5.41) is 5.77. The number of fused-ring (bicyclic) bond motifs is 3. The Balaban J connectivity index is 1.32. The number of nitrogens with one attached hydrogen (secondary N) is 1. The zero-order chi connectivity index (χ0) is 21.7. The van der Waals surface area contributed by atoms with Crippen LogP contribution < -0.4 is 11.1 Å². The van der Waals surface area contributed by atoms with Gasteiger partial charge in [0, 0.05) is 48.3 Å². The number of amides is 1. The molecule has 0 unspecified atom stereocenters. The highest BCUT2D eigenvalue weighted by Gasteiger charge is 2.50. The fraction of sp³-hybridized carbons (Fsp3) is 0.320. The molecule has 2 aliphatic heterocycles. The number of anilines is 2. The largest absolute Gasteiger partial charge is 0.381 e. The quantitative estimate of drug-likeness (QED) is 0.668.